The maximum Gasteiger partial charge on any atom is 0.137 e. The molecular formula is C15H20N2O. The topological polar surface area (TPSA) is 38.5 Å². The number of nitrogens with two attached hydrogens (primary N) is 1. The van der Waals surface area contributed by atoms with Crippen LogP contribution in [0, 0.1) is 0 Å². The molecule has 0 aliphatic carbocycles. The van der Waals surface area contributed by atoms with Gasteiger partial charge < -0.3 is 15.4 Å². The molecule has 2 rings (SSSR count). The van der Waals surface area contributed by atoms with E-state index in [2.05, 4.69) is 43.5 Å². The fraction of sp³-hybridized carbons (Fsp3) is 0.333. The van der Waals surface area contributed by atoms with Gasteiger partial charge in [0, 0.05) is 37.0 Å². The van der Waals surface area contributed by atoms with Crippen LogP contribution in [0.2, 0.25) is 0 Å². The number of benzene rings is 1. The first-order chi connectivity index (χ1) is 8.69. The van der Waals surface area contributed by atoms with Crippen molar-refractivity contribution in [2.75, 3.05) is 24.5 Å². The lowest BCUT2D eigenvalue weighted by Crippen LogP contribution is -2.22. The van der Waals surface area contributed by atoms with Crippen LogP contribution in [0.1, 0.15) is 19.4 Å². The van der Waals surface area contributed by atoms with Crippen LogP contribution < -0.4 is 15.4 Å². The van der Waals surface area contributed by atoms with Gasteiger partial charge in [0.2, 0.25) is 0 Å². The Labute approximate surface area is 109 Å². The van der Waals surface area contributed by atoms with Crippen molar-refractivity contribution in [1.29, 1.82) is 0 Å². The predicted octanol–water partition coefficient (Wildman–Crippen LogP) is 2.78. The molecule has 0 saturated carbocycles. The maximum absolute atomic E-state index is 5.76. The SMILES string of the molecule is C=C1C=C(CN)c2ccc(N(CC)CC)cc2O1. The van der Waals surface area contributed by atoms with Crippen molar-refractivity contribution in [3.05, 3.63) is 42.2 Å². The zero-order valence-corrected chi connectivity index (χ0v) is 11.1. The van der Waals surface area contributed by atoms with Gasteiger partial charge in [0.1, 0.15) is 11.5 Å². The Kier molecular flexibility index (Phi) is 3.72. The van der Waals surface area contributed by atoms with Crippen LogP contribution in [0.15, 0.2) is 36.6 Å². The molecule has 0 unspecified atom stereocenters. The average molecular weight is 244 g/mol. The monoisotopic (exact) mass is 244 g/mol. The van der Waals surface area contributed by atoms with Gasteiger partial charge in [-0.15, -0.1) is 0 Å². The van der Waals surface area contributed by atoms with E-state index in [4.69, 9.17) is 10.5 Å². The van der Waals surface area contributed by atoms with Gasteiger partial charge in [-0.3, -0.25) is 0 Å². The summed E-state index contributed by atoms with van der Waals surface area (Å²) in [5.41, 5.74) is 9.07. The Morgan fingerprint density at radius 2 is 2.00 bits per heavy atom. The number of ether oxygens (including phenoxy) is 1. The van der Waals surface area contributed by atoms with Crippen LogP contribution in [0.5, 0.6) is 5.75 Å². The molecule has 3 nitrogen and oxygen atoms in total. The van der Waals surface area contributed by atoms with Gasteiger partial charge in [-0.1, -0.05) is 6.58 Å². The Balaban J connectivity index is 2.42. The highest BCUT2D eigenvalue weighted by Crippen LogP contribution is 2.35. The molecule has 1 aromatic carbocycles. The first-order valence-electron chi connectivity index (χ1n) is 6.36. The van der Waals surface area contributed by atoms with E-state index in [0.29, 0.717) is 12.3 Å². The van der Waals surface area contributed by atoms with Crippen LogP contribution in [-0.2, 0) is 0 Å². The molecule has 0 bridgehead atoms. The second kappa shape index (κ2) is 5.27. The van der Waals surface area contributed by atoms with E-state index in [1.165, 1.54) is 5.69 Å². The highest BCUT2D eigenvalue weighted by Gasteiger charge is 2.16. The van der Waals surface area contributed by atoms with Crippen LogP contribution >= 0.6 is 0 Å². The lowest BCUT2D eigenvalue weighted by atomic mass is 10.0. The van der Waals surface area contributed by atoms with Crippen LogP contribution in [0.25, 0.3) is 5.57 Å². The molecule has 0 amide bonds. The van der Waals surface area contributed by atoms with Gasteiger partial charge in [-0.2, -0.15) is 0 Å². The number of hydrogen-bond donors (Lipinski definition) is 1. The zero-order valence-electron chi connectivity index (χ0n) is 11.1. The van der Waals surface area contributed by atoms with Crippen LogP contribution in [-0.4, -0.2) is 19.6 Å². The predicted molar refractivity (Wildman–Crippen MR) is 76.8 cm³/mol. The molecule has 2 N–H and O–H groups in total. The number of allylic oxidation sites excluding steroid dienone is 1. The Morgan fingerprint density at radius 3 is 2.61 bits per heavy atom. The van der Waals surface area contributed by atoms with Gasteiger partial charge in [0.15, 0.2) is 0 Å². The molecule has 0 radical (unpaired) electrons. The van der Waals surface area contributed by atoms with Crippen molar-refractivity contribution in [3.63, 3.8) is 0 Å². The fourth-order valence-corrected chi connectivity index (χ4v) is 2.26. The molecule has 3 heteroatoms. The standard InChI is InChI=1S/C15H20N2O/c1-4-17(5-2)13-6-7-14-12(10-16)8-11(3)18-15(14)9-13/h6-9H,3-5,10,16H2,1-2H3. The Morgan fingerprint density at radius 1 is 1.28 bits per heavy atom. The summed E-state index contributed by atoms with van der Waals surface area (Å²) >= 11 is 0. The minimum absolute atomic E-state index is 0.500. The third kappa shape index (κ3) is 2.27. The third-order valence-corrected chi connectivity index (χ3v) is 3.24. The Bertz CT molecular complexity index is 487. The summed E-state index contributed by atoms with van der Waals surface area (Å²) in [5, 5.41) is 0. The quantitative estimate of drug-likeness (QED) is 0.885. The minimum Gasteiger partial charge on any atom is -0.457 e. The number of anilines is 1. The molecule has 0 spiro atoms. The van der Waals surface area contributed by atoms with Crippen molar-refractivity contribution >= 4 is 11.3 Å². The van der Waals surface area contributed by atoms with Gasteiger partial charge >= 0.3 is 0 Å². The second-order valence-electron chi connectivity index (χ2n) is 4.29. The first-order valence-corrected chi connectivity index (χ1v) is 6.36. The fourth-order valence-electron chi connectivity index (χ4n) is 2.26. The lowest BCUT2D eigenvalue weighted by Gasteiger charge is -2.25. The molecule has 1 aliphatic rings. The number of fused-ring (bicyclic) bond motifs is 1. The van der Waals surface area contributed by atoms with E-state index >= 15 is 0 Å². The van der Waals surface area contributed by atoms with Crippen molar-refractivity contribution in [1.82, 2.24) is 0 Å². The van der Waals surface area contributed by atoms with Gasteiger partial charge in [0.25, 0.3) is 0 Å². The maximum atomic E-state index is 5.76. The van der Waals surface area contributed by atoms with Crippen molar-refractivity contribution in [2.45, 2.75) is 13.8 Å². The van der Waals surface area contributed by atoms with Gasteiger partial charge in [-0.05, 0) is 37.6 Å². The van der Waals surface area contributed by atoms with Crippen LogP contribution in [0.4, 0.5) is 5.69 Å². The van der Waals surface area contributed by atoms with Crippen molar-refractivity contribution in [2.24, 2.45) is 5.73 Å². The first kappa shape index (κ1) is 12.7. The van der Waals surface area contributed by atoms with E-state index in [9.17, 15) is 0 Å². The van der Waals surface area contributed by atoms with E-state index < -0.39 is 0 Å². The Hall–Kier alpha value is -1.74. The molecule has 1 heterocycles. The summed E-state index contributed by atoms with van der Waals surface area (Å²) in [5.74, 6) is 1.51. The lowest BCUT2D eigenvalue weighted by molar-refractivity contribution is 0.441. The zero-order chi connectivity index (χ0) is 13.1. The molecular weight excluding hydrogens is 224 g/mol. The molecule has 0 aromatic heterocycles. The summed E-state index contributed by atoms with van der Waals surface area (Å²) < 4.78 is 5.69. The third-order valence-electron chi connectivity index (χ3n) is 3.24. The molecule has 0 saturated heterocycles. The largest absolute Gasteiger partial charge is 0.457 e. The molecule has 0 fully saturated rings. The smallest absolute Gasteiger partial charge is 0.137 e. The second-order valence-corrected chi connectivity index (χ2v) is 4.29. The minimum atomic E-state index is 0.500. The number of nitrogens with zero attached hydrogens (tertiary/aromatic N) is 1. The van der Waals surface area contributed by atoms with E-state index in [0.717, 1.165) is 30.0 Å². The summed E-state index contributed by atoms with van der Waals surface area (Å²) in [6.07, 6.45) is 1.90. The summed E-state index contributed by atoms with van der Waals surface area (Å²) in [6.45, 7) is 10.6. The van der Waals surface area contributed by atoms with E-state index in [-0.39, 0.29) is 0 Å². The molecule has 1 aromatic rings. The summed E-state index contributed by atoms with van der Waals surface area (Å²) in [4.78, 5) is 2.28. The van der Waals surface area contributed by atoms with E-state index in [1.54, 1.807) is 0 Å². The van der Waals surface area contributed by atoms with Gasteiger partial charge in [0.05, 0.1) is 0 Å². The summed E-state index contributed by atoms with van der Waals surface area (Å²) in [6, 6.07) is 6.26. The number of hydrogen-bond acceptors (Lipinski definition) is 3. The molecule has 18 heavy (non-hydrogen) atoms. The van der Waals surface area contributed by atoms with Gasteiger partial charge in [-0.25, -0.2) is 0 Å². The van der Waals surface area contributed by atoms with Crippen LogP contribution in [0.3, 0.4) is 0 Å². The molecule has 1 aliphatic heterocycles. The summed E-state index contributed by atoms with van der Waals surface area (Å²) in [7, 11) is 0. The average Bonchev–Trinajstić information content (AvgIpc) is 2.38. The van der Waals surface area contributed by atoms with E-state index in [1.807, 2.05) is 6.08 Å². The molecule has 0 atom stereocenters. The van der Waals surface area contributed by atoms with Crippen molar-refractivity contribution < 1.29 is 4.74 Å². The van der Waals surface area contributed by atoms with Crippen molar-refractivity contribution in [3.8, 4) is 5.75 Å². The number of rotatable bonds is 4. The highest BCUT2D eigenvalue weighted by atomic mass is 16.5. The normalized spacial score (nSPS) is 13.7. The molecule has 96 valence electrons. The highest BCUT2D eigenvalue weighted by molar-refractivity contribution is 5.77.